The fourth-order valence-corrected chi connectivity index (χ4v) is 2.39. The van der Waals surface area contributed by atoms with Crippen molar-refractivity contribution < 1.29 is 8.78 Å². The lowest BCUT2D eigenvalue weighted by Crippen LogP contribution is -1.99. The Balaban J connectivity index is 2.05. The first-order valence-electron chi connectivity index (χ1n) is 5.72. The Morgan fingerprint density at radius 2 is 2.00 bits per heavy atom. The molecule has 2 aromatic rings. The van der Waals surface area contributed by atoms with Gasteiger partial charge in [-0.1, -0.05) is 12.8 Å². The first-order chi connectivity index (χ1) is 8.15. The predicted molar refractivity (Wildman–Crippen MR) is 64.4 cm³/mol. The number of hydrogen-bond donors (Lipinski definition) is 1. The van der Waals surface area contributed by atoms with Gasteiger partial charge in [-0.2, -0.15) is 0 Å². The molecule has 0 amide bonds. The average molecular weight is 254 g/mol. The van der Waals surface area contributed by atoms with Crippen molar-refractivity contribution in [3.8, 4) is 0 Å². The van der Waals surface area contributed by atoms with Crippen LogP contribution in [0.1, 0.15) is 19.3 Å². The van der Waals surface area contributed by atoms with Crippen LogP contribution in [0, 0.1) is 22.3 Å². The van der Waals surface area contributed by atoms with Gasteiger partial charge in [-0.15, -0.1) is 0 Å². The molecule has 0 radical (unpaired) electrons. The Kier molecular flexibility index (Phi) is 2.50. The number of rotatable bonds is 3. The Hall–Kier alpha value is -1.23. The topological polar surface area (TPSA) is 20.7 Å². The quantitative estimate of drug-likeness (QED) is 0.827. The maximum Gasteiger partial charge on any atom is 0.178 e. The van der Waals surface area contributed by atoms with Crippen molar-refractivity contribution in [3.63, 3.8) is 0 Å². The van der Waals surface area contributed by atoms with E-state index in [1.165, 1.54) is 18.9 Å². The van der Waals surface area contributed by atoms with Gasteiger partial charge < -0.3 is 9.55 Å². The molecule has 1 fully saturated rings. The molecular weight excluding hydrogens is 242 g/mol. The molecule has 0 aliphatic heterocycles. The van der Waals surface area contributed by atoms with Crippen molar-refractivity contribution in [3.05, 3.63) is 28.5 Å². The molecule has 1 saturated carbocycles. The average Bonchev–Trinajstić information content (AvgIpc) is 3.04. The molecule has 90 valence electrons. The smallest absolute Gasteiger partial charge is 0.178 e. The van der Waals surface area contributed by atoms with E-state index >= 15 is 0 Å². The maximum absolute atomic E-state index is 13.2. The summed E-state index contributed by atoms with van der Waals surface area (Å²) in [5.74, 6) is -0.887. The highest BCUT2D eigenvalue weighted by molar-refractivity contribution is 7.71. The SMILES string of the molecule is Fc1cc2[nH]c(=S)n(CCC3CC3)c2cc1F. The Labute approximate surface area is 102 Å². The molecule has 5 heteroatoms. The number of aromatic amines is 1. The third kappa shape index (κ3) is 1.99. The fourth-order valence-electron chi connectivity index (χ4n) is 2.09. The summed E-state index contributed by atoms with van der Waals surface area (Å²) in [6, 6.07) is 2.37. The summed E-state index contributed by atoms with van der Waals surface area (Å²) < 4.78 is 28.7. The molecule has 1 heterocycles. The van der Waals surface area contributed by atoms with E-state index in [4.69, 9.17) is 12.2 Å². The van der Waals surface area contributed by atoms with E-state index in [2.05, 4.69) is 4.98 Å². The van der Waals surface area contributed by atoms with Gasteiger partial charge in [0, 0.05) is 18.7 Å². The Morgan fingerprint density at radius 3 is 2.71 bits per heavy atom. The fraction of sp³-hybridized carbons (Fsp3) is 0.417. The third-order valence-electron chi connectivity index (χ3n) is 3.27. The van der Waals surface area contributed by atoms with Gasteiger partial charge in [0.15, 0.2) is 16.4 Å². The van der Waals surface area contributed by atoms with Gasteiger partial charge in [0.1, 0.15) is 0 Å². The minimum atomic E-state index is -0.844. The highest BCUT2D eigenvalue weighted by Crippen LogP contribution is 2.33. The molecule has 0 bridgehead atoms. The van der Waals surface area contributed by atoms with Gasteiger partial charge in [-0.25, -0.2) is 8.78 Å². The number of fused-ring (bicyclic) bond motifs is 1. The van der Waals surface area contributed by atoms with Crippen molar-refractivity contribution >= 4 is 23.3 Å². The monoisotopic (exact) mass is 254 g/mol. The van der Waals surface area contributed by atoms with Crippen molar-refractivity contribution in [1.29, 1.82) is 0 Å². The standard InChI is InChI=1S/C12H12F2N2S/c13-8-5-10-11(6-9(8)14)16(12(17)15-10)4-3-7-1-2-7/h5-7H,1-4H2,(H,15,17). The second-order valence-electron chi connectivity index (χ2n) is 4.60. The molecule has 0 saturated heterocycles. The summed E-state index contributed by atoms with van der Waals surface area (Å²) in [7, 11) is 0. The van der Waals surface area contributed by atoms with Gasteiger partial charge in [-0.05, 0) is 24.6 Å². The minimum Gasteiger partial charge on any atom is -0.330 e. The van der Waals surface area contributed by atoms with Crippen LogP contribution in [0.25, 0.3) is 11.0 Å². The van der Waals surface area contributed by atoms with Crippen LogP contribution in [0.3, 0.4) is 0 Å². The summed E-state index contributed by atoms with van der Waals surface area (Å²) in [6.45, 7) is 0.772. The lowest BCUT2D eigenvalue weighted by molar-refractivity contribution is 0.510. The van der Waals surface area contributed by atoms with Gasteiger partial charge in [0.05, 0.1) is 11.0 Å². The van der Waals surface area contributed by atoms with Crippen LogP contribution in [0.15, 0.2) is 12.1 Å². The third-order valence-corrected chi connectivity index (χ3v) is 3.60. The van der Waals surface area contributed by atoms with E-state index < -0.39 is 11.6 Å². The normalized spacial score (nSPS) is 15.6. The summed E-state index contributed by atoms with van der Waals surface area (Å²) >= 11 is 5.17. The zero-order chi connectivity index (χ0) is 12.0. The summed E-state index contributed by atoms with van der Waals surface area (Å²) in [5.41, 5.74) is 1.21. The van der Waals surface area contributed by atoms with Gasteiger partial charge in [-0.3, -0.25) is 0 Å². The molecule has 0 atom stereocenters. The maximum atomic E-state index is 13.2. The highest BCUT2D eigenvalue weighted by Gasteiger charge is 2.21. The number of imidazole rings is 1. The summed E-state index contributed by atoms with van der Waals surface area (Å²) in [5, 5.41) is 0. The lowest BCUT2D eigenvalue weighted by atomic mass is 10.2. The minimum absolute atomic E-state index is 0.533. The molecule has 1 aliphatic carbocycles. The summed E-state index contributed by atoms with van der Waals surface area (Å²) in [6.07, 6.45) is 3.61. The Bertz CT molecular complexity index is 625. The van der Waals surface area contributed by atoms with Crippen LogP contribution in [0.4, 0.5) is 8.78 Å². The van der Waals surface area contributed by atoms with Crippen molar-refractivity contribution in [2.45, 2.75) is 25.8 Å². The molecule has 0 spiro atoms. The zero-order valence-electron chi connectivity index (χ0n) is 9.17. The number of H-pyrrole nitrogens is 1. The van der Waals surface area contributed by atoms with E-state index in [1.54, 1.807) is 0 Å². The zero-order valence-corrected chi connectivity index (χ0v) is 9.99. The molecule has 0 unspecified atom stereocenters. The first kappa shape index (κ1) is 10.9. The molecule has 1 aromatic heterocycles. The van der Waals surface area contributed by atoms with Gasteiger partial charge in [0.25, 0.3) is 0 Å². The van der Waals surface area contributed by atoms with E-state index in [-0.39, 0.29) is 0 Å². The molecule has 3 rings (SSSR count). The number of aromatic nitrogens is 2. The lowest BCUT2D eigenvalue weighted by Gasteiger charge is -2.03. The second-order valence-corrected chi connectivity index (χ2v) is 4.98. The van der Waals surface area contributed by atoms with Crippen LogP contribution in [0.2, 0.25) is 0 Å². The van der Waals surface area contributed by atoms with E-state index in [0.717, 1.165) is 24.9 Å². The first-order valence-corrected chi connectivity index (χ1v) is 6.13. The molecular formula is C12H12F2N2S. The number of aryl methyl sites for hydroxylation is 1. The van der Waals surface area contributed by atoms with Gasteiger partial charge in [0.2, 0.25) is 0 Å². The molecule has 17 heavy (non-hydrogen) atoms. The number of halogens is 2. The summed E-state index contributed by atoms with van der Waals surface area (Å²) in [4.78, 5) is 2.91. The van der Waals surface area contributed by atoms with Crippen molar-refractivity contribution in [2.75, 3.05) is 0 Å². The number of nitrogens with one attached hydrogen (secondary N) is 1. The Morgan fingerprint density at radius 1 is 1.29 bits per heavy atom. The molecule has 1 aliphatic rings. The van der Waals surface area contributed by atoms with Crippen LogP contribution in [-0.2, 0) is 6.54 Å². The van der Waals surface area contributed by atoms with Crippen LogP contribution in [-0.4, -0.2) is 9.55 Å². The largest absolute Gasteiger partial charge is 0.330 e. The molecule has 1 N–H and O–H groups in total. The van der Waals surface area contributed by atoms with Gasteiger partial charge >= 0.3 is 0 Å². The number of nitrogens with zero attached hydrogens (tertiary/aromatic N) is 1. The van der Waals surface area contributed by atoms with Crippen LogP contribution in [0.5, 0.6) is 0 Å². The molecule has 2 nitrogen and oxygen atoms in total. The van der Waals surface area contributed by atoms with Crippen molar-refractivity contribution in [2.24, 2.45) is 5.92 Å². The highest BCUT2D eigenvalue weighted by atomic mass is 32.1. The predicted octanol–water partition coefficient (Wildman–Crippen LogP) is 3.78. The number of hydrogen-bond acceptors (Lipinski definition) is 1. The number of benzene rings is 1. The van der Waals surface area contributed by atoms with E-state index in [1.807, 2.05) is 4.57 Å². The molecule has 1 aromatic carbocycles. The second kappa shape index (κ2) is 3.91. The van der Waals surface area contributed by atoms with Crippen molar-refractivity contribution in [1.82, 2.24) is 9.55 Å². The van der Waals surface area contributed by atoms with Crippen LogP contribution >= 0.6 is 12.2 Å². The van der Waals surface area contributed by atoms with E-state index in [9.17, 15) is 8.78 Å². The van der Waals surface area contributed by atoms with Crippen LogP contribution < -0.4 is 0 Å². The van der Waals surface area contributed by atoms with E-state index in [0.29, 0.717) is 15.8 Å².